The minimum atomic E-state index is -0.0135. The lowest BCUT2D eigenvalue weighted by Gasteiger charge is -2.24. The number of nitrogens with one attached hydrogen (secondary N) is 1. The molecule has 1 aliphatic rings. The van der Waals surface area contributed by atoms with Crippen LogP contribution in [-0.4, -0.2) is 45.0 Å². The van der Waals surface area contributed by atoms with E-state index in [1.165, 1.54) is 5.56 Å². The average Bonchev–Trinajstić information content (AvgIpc) is 2.94. The molecule has 26 heavy (non-hydrogen) atoms. The van der Waals surface area contributed by atoms with E-state index in [0.717, 1.165) is 37.1 Å². The molecule has 1 N–H and O–H groups in total. The lowest BCUT2D eigenvalue weighted by Crippen LogP contribution is -2.36. The van der Waals surface area contributed by atoms with Gasteiger partial charge in [0, 0.05) is 30.9 Å². The standard InChI is InChI=1S/C20H23N5O/c1-2-15-13-22-25-12-9-17(23-19(15)25)20(26)24-11-6-10-21-18(14-24)16-7-4-3-5-8-16/h3-5,7-9,12-13,18,21H,2,6,10-11,14H2,1H3. The molecule has 1 aliphatic heterocycles. The van der Waals surface area contributed by atoms with Crippen LogP contribution in [0.25, 0.3) is 5.65 Å². The average molecular weight is 349 g/mol. The Hall–Kier alpha value is -2.73. The van der Waals surface area contributed by atoms with Gasteiger partial charge in [-0.25, -0.2) is 9.50 Å². The van der Waals surface area contributed by atoms with Crippen LogP contribution >= 0.6 is 0 Å². The van der Waals surface area contributed by atoms with Gasteiger partial charge in [0.25, 0.3) is 5.91 Å². The van der Waals surface area contributed by atoms with E-state index < -0.39 is 0 Å². The summed E-state index contributed by atoms with van der Waals surface area (Å²) in [5.74, 6) is -0.0135. The largest absolute Gasteiger partial charge is 0.335 e. The summed E-state index contributed by atoms with van der Waals surface area (Å²) in [5, 5.41) is 7.84. The van der Waals surface area contributed by atoms with E-state index in [0.29, 0.717) is 12.2 Å². The highest BCUT2D eigenvalue weighted by Gasteiger charge is 2.24. The number of fused-ring (bicyclic) bond motifs is 1. The van der Waals surface area contributed by atoms with E-state index in [1.54, 1.807) is 10.6 Å². The van der Waals surface area contributed by atoms with Gasteiger partial charge in [-0.1, -0.05) is 37.3 Å². The smallest absolute Gasteiger partial charge is 0.272 e. The summed E-state index contributed by atoms with van der Waals surface area (Å²) in [6, 6.07) is 12.2. The number of aromatic nitrogens is 3. The topological polar surface area (TPSA) is 62.5 Å². The second kappa shape index (κ2) is 7.25. The van der Waals surface area contributed by atoms with Crippen LogP contribution in [0.15, 0.2) is 48.8 Å². The maximum Gasteiger partial charge on any atom is 0.272 e. The van der Waals surface area contributed by atoms with Crippen molar-refractivity contribution in [2.24, 2.45) is 0 Å². The van der Waals surface area contributed by atoms with Crippen LogP contribution in [0.2, 0.25) is 0 Å². The van der Waals surface area contributed by atoms with Gasteiger partial charge in [0.2, 0.25) is 0 Å². The quantitative estimate of drug-likeness (QED) is 0.789. The van der Waals surface area contributed by atoms with E-state index in [-0.39, 0.29) is 11.9 Å². The van der Waals surface area contributed by atoms with E-state index in [1.807, 2.05) is 35.5 Å². The lowest BCUT2D eigenvalue weighted by atomic mass is 10.1. The predicted octanol–water partition coefficient (Wildman–Crippen LogP) is 2.47. The number of amides is 1. The fourth-order valence-electron chi connectivity index (χ4n) is 3.46. The van der Waals surface area contributed by atoms with Gasteiger partial charge in [0.1, 0.15) is 5.69 Å². The third kappa shape index (κ3) is 3.20. The molecular formula is C20H23N5O. The normalized spacial score (nSPS) is 18.0. The Bertz CT molecular complexity index is 905. The Morgan fingerprint density at radius 2 is 2.12 bits per heavy atom. The van der Waals surface area contributed by atoms with Crippen molar-refractivity contribution in [3.05, 3.63) is 65.6 Å². The molecule has 4 rings (SSSR count). The molecule has 1 unspecified atom stereocenters. The highest BCUT2D eigenvalue weighted by Crippen LogP contribution is 2.19. The number of hydrogen-bond donors (Lipinski definition) is 1. The van der Waals surface area contributed by atoms with Crippen molar-refractivity contribution in [3.63, 3.8) is 0 Å². The zero-order chi connectivity index (χ0) is 17.9. The molecule has 1 fully saturated rings. The number of carbonyl (C=O) groups excluding carboxylic acids is 1. The molecule has 1 saturated heterocycles. The van der Waals surface area contributed by atoms with Crippen LogP contribution in [0.1, 0.15) is 41.0 Å². The fourth-order valence-corrected chi connectivity index (χ4v) is 3.46. The van der Waals surface area contributed by atoms with Crippen LogP contribution < -0.4 is 5.32 Å². The summed E-state index contributed by atoms with van der Waals surface area (Å²) in [6.07, 6.45) is 5.42. The molecule has 134 valence electrons. The molecule has 0 saturated carbocycles. The zero-order valence-electron chi connectivity index (χ0n) is 14.9. The van der Waals surface area contributed by atoms with Gasteiger partial charge in [-0.3, -0.25) is 4.79 Å². The summed E-state index contributed by atoms with van der Waals surface area (Å²) in [7, 11) is 0. The van der Waals surface area contributed by atoms with Gasteiger partial charge in [-0.15, -0.1) is 0 Å². The first kappa shape index (κ1) is 16.7. The summed E-state index contributed by atoms with van der Waals surface area (Å²) >= 11 is 0. The fraction of sp³-hybridized carbons (Fsp3) is 0.350. The first-order chi connectivity index (χ1) is 12.8. The molecule has 0 aliphatic carbocycles. The summed E-state index contributed by atoms with van der Waals surface area (Å²) in [6.45, 7) is 4.36. The Morgan fingerprint density at radius 1 is 1.27 bits per heavy atom. The number of aryl methyl sites for hydroxylation is 1. The third-order valence-corrected chi connectivity index (χ3v) is 4.93. The molecule has 1 amide bonds. The molecule has 3 aromatic rings. The number of hydrogen-bond acceptors (Lipinski definition) is 4. The van der Waals surface area contributed by atoms with Crippen molar-refractivity contribution in [1.29, 1.82) is 0 Å². The molecule has 0 bridgehead atoms. The number of nitrogens with zero attached hydrogens (tertiary/aromatic N) is 4. The van der Waals surface area contributed by atoms with Gasteiger partial charge < -0.3 is 10.2 Å². The number of benzene rings is 1. The van der Waals surface area contributed by atoms with Crippen molar-refractivity contribution in [3.8, 4) is 0 Å². The highest BCUT2D eigenvalue weighted by molar-refractivity contribution is 5.92. The van der Waals surface area contributed by atoms with Crippen molar-refractivity contribution in [1.82, 2.24) is 24.8 Å². The van der Waals surface area contributed by atoms with Crippen LogP contribution in [0.4, 0.5) is 0 Å². The van der Waals surface area contributed by atoms with Gasteiger partial charge in [0.15, 0.2) is 5.65 Å². The number of rotatable bonds is 3. The second-order valence-corrected chi connectivity index (χ2v) is 6.63. The van der Waals surface area contributed by atoms with Gasteiger partial charge in [-0.2, -0.15) is 5.10 Å². The Balaban J connectivity index is 1.60. The monoisotopic (exact) mass is 349 g/mol. The minimum absolute atomic E-state index is 0.0135. The van der Waals surface area contributed by atoms with E-state index >= 15 is 0 Å². The van der Waals surface area contributed by atoms with Crippen molar-refractivity contribution >= 4 is 11.6 Å². The van der Waals surface area contributed by atoms with Crippen molar-refractivity contribution < 1.29 is 4.79 Å². The van der Waals surface area contributed by atoms with E-state index in [9.17, 15) is 4.79 Å². The Kier molecular flexibility index (Phi) is 4.67. The molecule has 2 aromatic heterocycles. The summed E-state index contributed by atoms with van der Waals surface area (Å²) in [5.41, 5.74) is 3.52. The molecular weight excluding hydrogens is 326 g/mol. The third-order valence-electron chi connectivity index (χ3n) is 4.93. The predicted molar refractivity (Wildman–Crippen MR) is 100 cm³/mol. The molecule has 1 atom stereocenters. The molecule has 6 nitrogen and oxygen atoms in total. The van der Waals surface area contributed by atoms with Crippen molar-refractivity contribution in [2.45, 2.75) is 25.8 Å². The lowest BCUT2D eigenvalue weighted by molar-refractivity contribution is 0.0747. The van der Waals surface area contributed by atoms with E-state index in [4.69, 9.17) is 0 Å². The first-order valence-electron chi connectivity index (χ1n) is 9.17. The Morgan fingerprint density at radius 3 is 2.92 bits per heavy atom. The van der Waals surface area contributed by atoms with Crippen molar-refractivity contribution in [2.75, 3.05) is 19.6 Å². The maximum absolute atomic E-state index is 13.1. The molecule has 3 heterocycles. The summed E-state index contributed by atoms with van der Waals surface area (Å²) in [4.78, 5) is 19.6. The molecule has 0 radical (unpaired) electrons. The molecule has 6 heteroatoms. The zero-order valence-corrected chi connectivity index (χ0v) is 14.9. The second-order valence-electron chi connectivity index (χ2n) is 6.63. The summed E-state index contributed by atoms with van der Waals surface area (Å²) < 4.78 is 1.73. The van der Waals surface area contributed by atoms with Gasteiger partial charge in [-0.05, 0) is 31.0 Å². The molecule has 1 aromatic carbocycles. The minimum Gasteiger partial charge on any atom is -0.335 e. The number of carbonyl (C=O) groups is 1. The van der Waals surface area contributed by atoms with Gasteiger partial charge >= 0.3 is 0 Å². The van der Waals surface area contributed by atoms with Crippen LogP contribution in [0, 0.1) is 0 Å². The van der Waals surface area contributed by atoms with Crippen LogP contribution in [0.3, 0.4) is 0 Å². The maximum atomic E-state index is 13.1. The van der Waals surface area contributed by atoms with Gasteiger partial charge in [0.05, 0.1) is 6.20 Å². The Labute approximate surface area is 152 Å². The highest BCUT2D eigenvalue weighted by atomic mass is 16.2. The van der Waals surface area contributed by atoms with Crippen LogP contribution in [-0.2, 0) is 6.42 Å². The van der Waals surface area contributed by atoms with E-state index in [2.05, 4.69) is 34.5 Å². The first-order valence-corrected chi connectivity index (χ1v) is 9.17. The molecule has 0 spiro atoms. The SMILES string of the molecule is CCc1cnn2ccc(C(=O)N3CCCNC(c4ccccc4)C3)nc12. The van der Waals surface area contributed by atoms with Crippen LogP contribution in [0.5, 0.6) is 0 Å².